The van der Waals surface area contributed by atoms with E-state index in [1.165, 1.54) is 0 Å². The molecule has 0 saturated carbocycles. The molecular formula is C35H39Cl2N5O5. The molecular weight excluding hydrogens is 641 g/mol. The number of carbonyl (C=O) groups excluding carboxylic acids is 2. The third-order valence-electron chi connectivity index (χ3n) is 8.03. The number of rotatable bonds is 14. The predicted octanol–water partition coefficient (Wildman–Crippen LogP) is 6.72. The van der Waals surface area contributed by atoms with Crippen molar-refractivity contribution < 1.29 is 24.2 Å². The Morgan fingerprint density at radius 3 is 2.26 bits per heavy atom. The summed E-state index contributed by atoms with van der Waals surface area (Å²) in [6.07, 6.45) is 3.98. The number of anilines is 2. The largest absolute Gasteiger partial charge is 0.397 e. The molecule has 0 spiro atoms. The Morgan fingerprint density at radius 1 is 0.894 bits per heavy atom. The number of aliphatic hydroxyl groups excluding tert-OH is 1. The van der Waals surface area contributed by atoms with E-state index in [1.807, 2.05) is 60.7 Å². The van der Waals surface area contributed by atoms with Gasteiger partial charge in [0.2, 0.25) is 11.8 Å². The first kappa shape index (κ1) is 34.4. The number of amides is 2. The number of nitrogens with one attached hydrogen (secondary N) is 2. The van der Waals surface area contributed by atoms with Gasteiger partial charge in [-0.3, -0.25) is 9.59 Å². The number of nitrogens with two attached hydrogens (primary N) is 1. The first-order chi connectivity index (χ1) is 22.8. The number of ether oxygens (including phenoxy) is 2. The van der Waals surface area contributed by atoms with E-state index in [9.17, 15) is 14.7 Å². The van der Waals surface area contributed by atoms with Crippen LogP contribution in [-0.4, -0.2) is 32.6 Å². The van der Waals surface area contributed by atoms with E-state index in [4.69, 9.17) is 38.4 Å². The van der Waals surface area contributed by atoms with Gasteiger partial charge in [0.25, 0.3) is 0 Å². The van der Waals surface area contributed by atoms with Gasteiger partial charge in [-0.05, 0) is 41.7 Å². The van der Waals surface area contributed by atoms with Crippen molar-refractivity contribution in [1.29, 1.82) is 0 Å². The lowest BCUT2D eigenvalue weighted by Crippen LogP contribution is -2.32. The molecule has 3 atom stereocenters. The zero-order chi connectivity index (χ0) is 33.2. The van der Waals surface area contributed by atoms with Gasteiger partial charge in [-0.1, -0.05) is 90.3 Å². The molecule has 1 saturated heterocycles. The zero-order valence-corrected chi connectivity index (χ0v) is 27.4. The van der Waals surface area contributed by atoms with E-state index in [-0.39, 0.29) is 35.8 Å². The van der Waals surface area contributed by atoms with E-state index >= 15 is 0 Å². The van der Waals surface area contributed by atoms with Crippen LogP contribution in [0, 0.1) is 0 Å². The lowest BCUT2D eigenvalue weighted by molar-refractivity contribution is -0.252. The maximum absolute atomic E-state index is 12.4. The summed E-state index contributed by atoms with van der Waals surface area (Å²) in [6, 6.07) is 22.6. The number of para-hydroxylation sites is 2. The summed E-state index contributed by atoms with van der Waals surface area (Å²) in [5, 5.41) is 15.8. The van der Waals surface area contributed by atoms with Gasteiger partial charge in [-0.2, -0.15) is 0 Å². The SMILES string of the molecule is Nc1ccccc1NC(=O)CCCCCC(=O)NCc1ccc(C2OC(Cn3cnc(Cl)c3Cl)CC(c3ccc(CO)cc3)O2)cc1. The van der Waals surface area contributed by atoms with E-state index in [0.717, 1.165) is 28.7 Å². The Balaban J connectivity index is 1.09. The minimum atomic E-state index is -0.634. The van der Waals surface area contributed by atoms with Crippen LogP contribution < -0.4 is 16.4 Å². The van der Waals surface area contributed by atoms with Crippen LogP contribution in [0.2, 0.25) is 10.3 Å². The van der Waals surface area contributed by atoms with Crippen LogP contribution in [-0.2, 0) is 38.8 Å². The van der Waals surface area contributed by atoms with Gasteiger partial charge in [-0.25, -0.2) is 4.98 Å². The summed E-state index contributed by atoms with van der Waals surface area (Å²) < 4.78 is 14.6. The van der Waals surface area contributed by atoms with Gasteiger partial charge >= 0.3 is 0 Å². The third-order valence-corrected chi connectivity index (χ3v) is 8.80. The molecule has 5 N–H and O–H groups in total. The number of aliphatic hydroxyl groups is 1. The number of benzene rings is 3. The van der Waals surface area contributed by atoms with Crippen molar-refractivity contribution in [1.82, 2.24) is 14.9 Å². The Labute approximate surface area is 284 Å². The van der Waals surface area contributed by atoms with Gasteiger partial charge in [0.15, 0.2) is 11.4 Å². The van der Waals surface area contributed by atoms with Crippen LogP contribution in [0.1, 0.15) is 73.2 Å². The summed E-state index contributed by atoms with van der Waals surface area (Å²) in [6.45, 7) is 0.817. The molecule has 1 aliphatic heterocycles. The highest BCUT2D eigenvalue weighted by Gasteiger charge is 2.33. The number of hydrogen-bond donors (Lipinski definition) is 4. The molecule has 3 unspecified atom stereocenters. The second kappa shape index (κ2) is 16.8. The van der Waals surface area contributed by atoms with Crippen molar-refractivity contribution in [3.05, 3.63) is 112 Å². The molecule has 2 heterocycles. The number of unbranched alkanes of at least 4 members (excludes halogenated alkanes) is 2. The zero-order valence-electron chi connectivity index (χ0n) is 25.9. The molecule has 3 aromatic carbocycles. The molecule has 4 aromatic rings. The van der Waals surface area contributed by atoms with Gasteiger partial charge in [-0.15, -0.1) is 0 Å². The quantitative estimate of drug-likeness (QED) is 0.0857. The Bertz CT molecular complexity index is 1630. The molecule has 248 valence electrons. The number of halogens is 2. The Hall–Kier alpha value is -3.93. The fourth-order valence-electron chi connectivity index (χ4n) is 5.38. The monoisotopic (exact) mass is 679 g/mol. The molecule has 0 radical (unpaired) electrons. The summed E-state index contributed by atoms with van der Waals surface area (Å²) in [7, 11) is 0. The van der Waals surface area contributed by atoms with E-state index in [0.29, 0.717) is 61.7 Å². The van der Waals surface area contributed by atoms with E-state index in [1.54, 1.807) is 23.0 Å². The number of hydrogen-bond acceptors (Lipinski definition) is 7. The first-order valence-electron chi connectivity index (χ1n) is 15.7. The topological polar surface area (TPSA) is 141 Å². The summed E-state index contributed by atoms with van der Waals surface area (Å²) in [5.74, 6) is -0.124. The minimum Gasteiger partial charge on any atom is -0.397 e. The van der Waals surface area contributed by atoms with Crippen LogP contribution in [0.15, 0.2) is 79.1 Å². The third kappa shape index (κ3) is 9.79. The van der Waals surface area contributed by atoms with Crippen LogP contribution in [0.4, 0.5) is 11.4 Å². The van der Waals surface area contributed by atoms with Crippen molar-refractivity contribution in [2.75, 3.05) is 11.1 Å². The lowest BCUT2D eigenvalue weighted by atomic mass is 10.00. The number of nitrogens with zero attached hydrogens (tertiary/aromatic N) is 2. The molecule has 12 heteroatoms. The molecule has 1 aliphatic rings. The fourth-order valence-corrected chi connectivity index (χ4v) is 5.69. The Morgan fingerprint density at radius 2 is 1.57 bits per heavy atom. The highest BCUT2D eigenvalue weighted by molar-refractivity contribution is 6.40. The van der Waals surface area contributed by atoms with Gasteiger partial charge < -0.3 is 35.5 Å². The maximum Gasteiger partial charge on any atom is 0.224 e. The average molecular weight is 681 g/mol. The van der Waals surface area contributed by atoms with E-state index in [2.05, 4.69) is 15.6 Å². The van der Waals surface area contributed by atoms with Crippen LogP contribution in [0.25, 0.3) is 0 Å². The van der Waals surface area contributed by atoms with Gasteiger partial charge in [0.05, 0.1) is 43.1 Å². The number of carbonyl (C=O) groups is 2. The van der Waals surface area contributed by atoms with Crippen LogP contribution in [0.5, 0.6) is 0 Å². The molecule has 47 heavy (non-hydrogen) atoms. The van der Waals surface area contributed by atoms with Crippen molar-refractivity contribution in [2.45, 2.75) is 76.7 Å². The molecule has 5 rings (SSSR count). The van der Waals surface area contributed by atoms with E-state index < -0.39 is 6.29 Å². The van der Waals surface area contributed by atoms with Crippen molar-refractivity contribution in [2.24, 2.45) is 0 Å². The molecule has 2 amide bonds. The molecule has 0 aliphatic carbocycles. The molecule has 1 aromatic heterocycles. The molecule has 1 fully saturated rings. The number of aromatic nitrogens is 2. The lowest BCUT2D eigenvalue weighted by Gasteiger charge is -2.36. The first-order valence-corrected chi connectivity index (χ1v) is 16.4. The summed E-state index contributed by atoms with van der Waals surface area (Å²) in [4.78, 5) is 28.7. The number of imidazole rings is 1. The maximum atomic E-state index is 12.4. The highest BCUT2D eigenvalue weighted by atomic mass is 35.5. The van der Waals surface area contributed by atoms with Crippen LogP contribution in [0.3, 0.4) is 0 Å². The second-order valence-corrected chi connectivity index (χ2v) is 12.3. The van der Waals surface area contributed by atoms with Crippen molar-refractivity contribution in [3.8, 4) is 0 Å². The molecule has 10 nitrogen and oxygen atoms in total. The summed E-state index contributed by atoms with van der Waals surface area (Å²) in [5.41, 5.74) is 10.6. The van der Waals surface area contributed by atoms with Gasteiger partial charge in [0.1, 0.15) is 5.15 Å². The van der Waals surface area contributed by atoms with Crippen molar-refractivity contribution >= 4 is 46.4 Å². The normalized spacial score (nSPS) is 17.7. The predicted molar refractivity (Wildman–Crippen MR) is 182 cm³/mol. The summed E-state index contributed by atoms with van der Waals surface area (Å²) >= 11 is 12.4. The minimum absolute atomic E-state index is 0.0287. The second-order valence-electron chi connectivity index (χ2n) is 11.5. The van der Waals surface area contributed by atoms with Gasteiger partial charge in [0, 0.05) is 31.4 Å². The average Bonchev–Trinajstić information content (AvgIpc) is 3.40. The highest BCUT2D eigenvalue weighted by Crippen LogP contribution is 2.39. The molecule has 0 bridgehead atoms. The number of nitrogen functional groups attached to an aromatic ring is 1. The van der Waals surface area contributed by atoms with Crippen molar-refractivity contribution in [3.63, 3.8) is 0 Å². The fraction of sp³-hybridized carbons (Fsp3) is 0.343. The standard InChI is InChI=1S/C35H39Cl2N5O5/c36-33-34(37)42(22-40-33)20-27-18-30(25-14-12-24(21-43)13-15-25)47-35(46-27)26-16-10-23(11-17-26)19-39-31(44)8-2-1-3-9-32(45)41-29-7-5-4-6-28(29)38/h4-7,10-17,22,27,30,35,43H,1-3,8-9,18-21,38H2,(H,39,44)(H,41,45). The smallest absolute Gasteiger partial charge is 0.224 e. The van der Waals surface area contributed by atoms with Crippen LogP contribution >= 0.6 is 23.2 Å². The Kier molecular flexibility index (Phi) is 12.3.